The number of carbonyl (C=O) groups excluding carboxylic acids is 1. The molecule has 2 rings (SSSR count). The van der Waals surface area contributed by atoms with Gasteiger partial charge in [0.05, 0.1) is 12.2 Å². The van der Waals surface area contributed by atoms with Crippen molar-refractivity contribution >= 4 is 5.97 Å². The van der Waals surface area contributed by atoms with Gasteiger partial charge in [0.2, 0.25) is 5.82 Å². The van der Waals surface area contributed by atoms with Gasteiger partial charge in [0.25, 0.3) is 0 Å². The van der Waals surface area contributed by atoms with Crippen LogP contribution in [0.3, 0.4) is 0 Å². The number of hydrogen-bond acceptors (Lipinski definition) is 3. The van der Waals surface area contributed by atoms with Crippen LogP contribution < -0.4 is 9.47 Å². The van der Waals surface area contributed by atoms with E-state index >= 15 is 0 Å². The SMILES string of the molecule is CCCCCCCCCCc1ccc(OC(=O)c2ccc(OCCCCCCCC)cc2)c(F)c1F. The van der Waals surface area contributed by atoms with Gasteiger partial charge < -0.3 is 9.47 Å². The number of ether oxygens (including phenoxy) is 2. The van der Waals surface area contributed by atoms with Crippen LogP contribution in [-0.2, 0) is 6.42 Å². The molecule has 0 aliphatic rings. The summed E-state index contributed by atoms with van der Waals surface area (Å²) in [5, 5.41) is 0. The molecule has 0 aromatic heterocycles. The molecule has 0 radical (unpaired) electrons. The van der Waals surface area contributed by atoms with Crippen LogP contribution in [0.15, 0.2) is 36.4 Å². The molecule has 0 unspecified atom stereocenters. The average molecular weight is 503 g/mol. The summed E-state index contributed by atoms with van der Waals surface area (Å²) in [6, 6.07) is 9.39. The summed E-state index contributed by atoms with van der Waals surface area (Å²) < 4.78 is 40.0. The van der Waals surface area contributed by atoms with E-state index in [2.05, 4.69) is 13.8 Å². The number of esters is 1. The van der Waals surface area contributed by atoms with Crippen molar-refractivity contribution in [1.29, 1.82) is 0 Å². The van der Waals surface area contributed by atoms with E-state index in [1.54, 1.807) is 24.3 Å². The molecule has 0 aliphatic heterocycles. The van der Waals surface area contributed by atoms with Gasteiger partial charge in [-0.15, -0.1) is 0 Å². The van der Waals surface area contributed by atoms with Crippen molar-refractivity contribution in [3.05, 3.63) is 59.2 Å². The third-order valence-corrected chi connectivity index (χ3v) is 6.49. The molecule has 0 heterocycles. The number of benzene rings is 2. The van der Waals surface area contributed by atoms with Crippen LogP contribution in [-0.4, -0.2) is 12.6 Å². The highest BCUT2D eigenvalue weighted by Crippen LogP contribution is 2.25. The van der Waals surface area contributed by atoms with E-state index in [-0.39, 0.29) is 11.3 Å². The van der Waals surface area contributed by atoms with Gasteiger partial charge in [-0.25, -0.2) is 9.18 Å². The van der Waals surface area contributed by atoms with Crippen LogP contribution in [0.1, 0.15) is 120 Å². The fraction of sp³-hybridized carbons (Fsp3) is 0.581. The highest BCUT2D eigenvalue weighted by Gasteiger charge is 2.18. The molecular formula is C31H44F2O3. The minimum atomic E-state index is -1.11. The second-order valence-corrected chi connectivity index (χ2v) is 9.61. The fourth-order valence-corrected chi connectivity index (χ4v) is 4.21. The van der Waals surface area contributed by atoms with Crippen LogP contribution in [0.5, 0.6) is 11.5 Å². The molecule has 0 N–H and O–H groups in total. The van der Waals surface area contributed by atoms with Crippen molar-refractivity contribution in [3.8, 4) is 11.5 Å². The van der Waals surface area contributed by atoms with E-state index < -0.39 is 17.6 Å². The third-order valence-electron chi connectivity index (χ3n) is 6.49. The molecule has 0 bridgehead atoms. The molecule has 2 aromatic rings. The van der Waals surface area contributed by atoms with E-state index in [0.717, 1.165) is 32.1 Å². The normalized spacial score (nSPS) is 11.0. The van der Waals surface area contributed by atoms with E-state index in [1.165, 1.54) is 69.9 Å². The van der Waals surface area contributed by atoms with Crippen molar-refractivity contribution in [2.24, 2.45) is 0 Å². The van der Waals surface area contributed by atoms with Gasteiger partial charge in [-0.05, 0) is 55.2 Å². The summed E-state index contributed by atoms with van der Waals surface area (Å²) in [5.74, 6) is -2.49. The van der Waals surface area contributed by atoms with Crippen LogP contribution in [0, 0.1) is 11.6 Å². The molecule has 0 saturated heterocycles. The Balaban J connectivity index is 1.76. The molecule has 0 aliphatic carbocycles. The monoisotopic (exact) mass is 502 g/mol. The third kappa shape index (κ3) is 11.1. The number of halogens is 2. The molecule has 0 spiro atoms. The standard InChI is InChI=1S/C31H44F2O3/c1-3-5-7-9-11-12-13-15-17-25-20-23-28(30(33)29(25)32)36-31(34)26-18-21-27(22-19-26)35-24-16-14-10-8-6-4-2/h18-23H,3-17,24H2,1-2H3. The summed E-state index contributed by atoms with van der Waals surface area (Å²) in [7, 11) is 0. The summed E-state index contributed by atoms with van der Waals surface area (Å²) in [6.45, 7) is 5.03. The maximum Gasteiger partial charge on any atom is 0.343 e. The zero-order valence-corrected chi connectivity index (χ0v) is 22.3. The molecule has 0 amide bonds. The number of hydrogen-bond donors (Lipinski definition) is 0. The zero-order chi connectivity index (χ0) is 26.0. The first-order valence-electron chi connectivity index (χ1n) is 14.0. The Kier molecular flexibility index (Phi) is 14.8. The predicted molar refractivity (Wildman–Crippen MR) is 143 cm³/mol. The van der Waals surface area contributed by atoms with Crippen LogP contribution in [0.2, 0.25) is 0 Å². The predicted octanol–water partition coefficient (Wildman–Crippen LogP) is 9.61. The molecule has 3 nitrogen and oxygen atoms in total. The second-order valence-electron chi connectivity index (χ2n) is 9.61. The maximum atomic E-state index is 14.5. The Hall–Kier alpha value is -2.43. The van der Waals surface area contributed by atoms with Gasteiger partial charge in [0.1, 0.15) is 5.75 Å². The van der Waals surface area contributed by atoms with E-state index in [4.69, 9.17) is 9.47 Å². The summed E-state index contributed by atoms with van der Waals surface area (Å²) >= 11 is 0. The summed E-state index contributed by atoms with van der Waals surface area (Å²) in [4.78, 5) is 12.4. The lowest BCUT2D eigenvalue weighted by Crippen LogP contribution is -2.11. The number of carbonyl (C=O) groups is 1. The molecule has 0 atom stereocenters. The first kappa shape index (κ1) is 29.8. The summed E-state index contributed by atoms with van der Waals surface area (Å²) in [6.07, 6.45) is 16.8. The quantitative estimate of drug-likeness (QED) is 0.109. The van der Waals surface area contributed by atoms with E-state index in [1.807, 2.05) is 0 Å². The molecule has 0 fully saturated rings. The highest BCUT2D eigenvalue weighted by molar-refractivity contribution is 5.91. The average Bonchev–Trinajstić information content (AvgIpc) is 2.89. The topological polar surface area (TPSA) is 35.5 Å². The highest BCUT2D eigenvalue weighted by atomic mass is 19.2. The Morgan fingerprint density at radius 2 is 1.22 bits per heavy atom. The van der Waals surface area contributed by atoms with Gasteiger partial charge in [0.15, 0.2) is 11.6 Å². The lowest BCUT2D eigenvalue weighted by molar-refractivity contribution is 0.0726. The van der Waals surface area contributed by atoms with E-state index in [9.17, 15) is 13.6 Å². The van der Waals surface area contributed by atoms with Gasteiger partial charge in [-0.2, -0.15) is 4.39 Å². The number of rotatable bonds is 19. The Morgan fingerprint density at radius 1 is 0.667 bits per heavy atom. The Labute approximate surface area is 216 Å². The Morgan fingerprint density at radius 3 is 1.83 bits per heavy atom. The van der Waals surface area contributed by atoms with Crippen molar-refractivity contribution < 1.29 is 23.0 Å². The smallest absolute Gasteiger partial charge is 0.343 e. The van der Waals surface area contributed by atoms with Crippen molar-refractivity contribution in [2.75, 3.05) is 6.61 Å². The number of unbranched alkanes of at least 4 members (excludes halogenated alkanes) is 12. The fourth-order valence-electron chi connectivity index (χ4n) is 4.21. The minimum absolute atomic E-state index is 0.254. The lowest BCUT2D eigenvalue weighted by atomic mass is 10.0. The van der Waals surface area contributed by atoms with Crippen LogP contribution in [0.4, 0.5) is 8.78 Å². The summed E-state index contributed by atoms with van der Waals surface area (Å²) in [5.41, 5.74) is 0.579. The zero-order valence-electron chi connectivity index (χ0n) is 22.3. The molecule has 36 heavy (non-hydrogen) atoms. The van der Waals surface area contributed by atoms with Gasteiger partial charge in [-0.3, -0.25) is 0 Å². The molecule has 0 saturated carbocycles. The maximum absolute atomic E-state index is 14.5. The first-order valence-corrected chi connectivity index (χ1v) is 14.0. The largest absolute Gasteiger partial charge is 0.494 e. The Bertz CT molecular complexity index is 880. The van der Waals surface area contributed by atoms with E-state index in [0.29, 0.717) is 24.3 Å². The molecule has 2 aromatic carbocycles. The lowest BCUT2D eigenvalue weighted by Gasteiger charge is -2.10. The van der Waals surface area contributed by atoms with Crippen molar-refractivity contribution in [1.82, 2.24) is 0 Å². The number of aryl methyl sites for hydroxylation is 1. The molecule has 200 valence electrons. The van der Waals surface area contributed by atoms with Crippen LogP contribution >= 0.6 is 0 Å². The minimum Gasteiger partial charge on any atom is -0.494 e. The molecule has 5 heteroatoms. The van der Waals surface area contributed by atoms with Crippen LogP contribution in [0.25, 0.3) is 0 Å². The second kappa shape index (κ2) is 17.9. The van der Waals surface area contributed by atoms with Crippen molar-refractivity contribution in [2.45, 2.75) is 110 Å². The van der Waals surface area contributed by atoms with Gasteiger partial charge in [-0.1, -0.05) is 97.0 Å². The van der Waals surface area contributed by atoms with Gasteiger partial charge >= 0.3 is 5.97 Å². The molecular weight excluding hydrogens is 458 g/mol. The first-order chi connectivity index (χ1) is 17.6. The van der Waals surface area contributed by atoms with Gasteiger partial charge in [0, 0.05) is 0 Å². The van der Waals surface area contributed by atoms with Crippen molar-refractivity contribution in [3.63, 3.8) is 0 Å².